The van der Waals surface area contributed by atoms with Crippen molar-refractivity contribution >= 4 is 21.7 Å². The van der Waals surface area contributed by atoms with Gasteiger partial charge in [0.15, 0.2) is 5.78 Å². The summed E-state index contributed by atoms with van der Waals surface area (Å²) >= 11 is 3.36. The van der Waals surface area contributed by atoms with E-state index in [2.05, 4.69) is 15.9 Å². The number of hydrogen-bond acceptors (Lipinski definition) is 2. The van der Waals surface area contributed by atoms with Gasteiger partial charge in [-0.1, -0.05) is 28.1 Å². The van der Waals surface area contributed by atoms with E-state index in [0.29, 0.717) is 11.3 Å². The maximum atomic E-state index is 13.2. The first kappa shape index (κ1) is 12.4. The third-order valence-electron chi connectivity index (χ3n) is 3.13. The van der Waals surface area contributed by atoms with Crippen LogP contribution < -0.4 is 4.74 Å². The van der Waals surface area contributed by atoms with Gasteiger partial charge in [-0.3, -0.25) is 4.79 Å². The van der Waals surface area contributed by atoms with E-state index in [4.69, 9.17) is 4.74 Å². The topological polar surface area (TPSA) is 26.3 Å². The number of carbonyl (C=O) groups excluding carboxylic acids is 1. The third-order valence-corrected chi connectivity index (χ3v) is 3.65. The Hall–Kier alpha value is -1.68. The molecule has 0 spiro atoms. The molecule has 4 heteroatoms. The van der Waals surface area contributed by atoms with E-state index in [-0.39, 0.29) is 18.3 Å². The highest BCUT2D eigenvalue weighted by atomic mass is 79.9. The molecule has 1 heterocycles. The van der Waals surface area contributed by atoms with Crippen LogP contribution in [-0.4, -0.2) is 5.78 Å². The molecule has 2 aromatic carbocycles. The first-order valence-corrected chi connectivity index (χ1v) is 6.67. The Balaban J connectivity index is 1.96. The van der Waals surface area contributed by atoms with Crippen molar-refractivity contribution in [3.8, 4) is 5.75 Å². The van der Waals surface area contributed by atoms with Crippen molar-refractivity contribution in [2.45, 2.75) is 12.5 Å². The smallest absolute Gasteiger partial charge is 0.170 e. The second-order valence-electron chi connectivity index (χ2n) is 4.43. The first-order chi connectivity index (χ1) is 9.13. The van der Waals surface area contributed by atoms with Crippen molar-refractivity contribution in [2.75, 3.05) is 0 Å². The maximum Gasteiger partial charge on any atom is 0.170 e. The molecule has 0 saturated carbocycles. The molecule has 3 rings (SSSR count). The molecule has 0 saturated heterocycles. The molecule has 1 atom stereocenters. The molecule has 19 heavy (non-hydrogen) atoms. The lowest BCUT2D eigenvalue weighted by Crippen LogP contribution is -2.20. The maximum absolute atomic E-state index is 13.2. The fraction of sp³-hybridized carbons (Fsp3) is 0.133. The van der Waals surface area contributed by atoms with E-state index >= 15 is 0 Å². The molecule has 0 bridgehead atoms. The van der Waals surface area contributed by atoms with E-state index in [0.717, 1.165) is 10.0 Å². The summed E-state index contributed by atoms with van der Waals surface area (Å²) in [6.45, 7) is 0. The highest BCUT2D eigenvalue weighted by Crippen LogP contribution is 2.35. The van der Waals surface area contributed by atoms with Crippen molar-refractivity contribution in [3.63, 3.8) is 0 Å². The zero-order valence-corrected chi connectivity index (χ0v) is 11.5. The van der Waals surface area contributed by atoms with Crippen molar-refractivity contribution < 1.29 is 13.9 Å². The highest BCUT2D eigenvalue weighted by Gasteiger charge is 2.27. The molecule has 1 unspecified atom stereocenters. The molecule has 1 aliphatic rings. The highest BCUT2D eigenvalue weighted by molar-refractivity contribution is 9.10. The summed E-state index contributed by atoms with van der Waals surface area (Å²) in [5.74, 6) is -0.0960. The summed E-state index contributed by atoms with van der Waals surface area (Å²) in [6.07, 6.45) is -0.0739. The van der Waals surface area contributed by atoms with Gasteiger partial charge in [0.1, 0.15) is 17.7 Å². The normalized spacial score (nSPS) is 17.8. The molecule has 2 aromatic rings. The van der Waals surface area contributed by atoms with Gasteiger partial charge >= 0.3 is 0 Å². The molecule has 0 radical (unpaired) electrons. The Morgan fingerprint density at radius 3 is 2.63 bits per heavy atom. The van der Waals surface area contributed by atoms with Crippen molar-refractivity contribution in [1.29, 1.82) is 0 Å². The van der Waals surface area contributed by atoms with Gasteiger partial charge in [-0.2, -0.15) is 0 Å². The standard InChI is InChI=1S/C15H10BrFO2/c16-10-3-1-9(2-4-10)14-8-13(18)12-6-5-11(17)7-15(12)19-14/h1-7,14H,8H2. The van der Waals surface area contributed by atoms with Crippen LogP contribution in [0.2, 0.25) is 0 Å². The Bertz CT molecular complexity index is 637. The number of rotatable bonds is 1. The van der Waals surface area contributed by atoms with Crippen LogP contribution in [0.1, 0.15) is 28.4 Å². The fourth-order valence-corrected chi connectivity index (χ4v) is 2.42. The zero-order valence-electron chi connectivity index (χ0n) is 9.90. The predicted octanol–water partition coefficient (Wildman–Crippen LogP) is 4.29. The number of carbonyl (C=O) groups is 1. The molecular formula is C15H10BrFO2. The molecule has 96 valence electrons. The Labute approximate surface area is 118 Å². The van der Waals surface area contributed by atoms with Gasteiger partial charge in [-0.05, 0) is 29.8 Å². The second kappa shape index (κ2) is 4.78. The van der Waals surface area contributed by atoms with Gasteiger partial charge in [-0.25, -0.2) is 4.39 Å². The minimum atomic E-state index is -0.400. The molecule has 0 aliphatic carbocycles. The number of ketones is 1. The molecular weight excluding hydrogens is 311 g/mol. The average molecular weight is 321 g/mol. The average Bonchev–Trinajstić information content (AvgIpc) is 2.38. The Morgan fingerprint density at radius 2 is 1.89 bits per heavy atom. The van der Waals surface area contributed by atoms with Gasteiger partial charge in [0.25, 0.3) is 0 Å². The van der Waals surface area contributed by atoms with Crippen LogP contribution in [0.3, 0.4) is 0 Å². The number of hydrogen-bond donors (Lipinski definition) is 0. The lowest BCUT2D eigenvalue weighted by Gasteiger charge is -2.25. The van der Waals surface area contributed by atoms with Gasteiger partial charge < -0.3 is 4.74 Å². The largest absolute Gasteiger partial charge is 0.484 e. The van der Waals surface area contributed by atoms with Gasteiger partial charge in [0, 0.05) is 10.5 Å². The van der Waals surface area contributed by atoms with Crippen molar-refractivity contribution in [3.05, 3.63) is 63.9 Å². The predicted molar refractivity (Wildman–Crippen MR) is 72.9 cm³/mol. The molecule has 0 amide bonds. The number of Topliss-reactive ketones (excluding diaryl/α,β-unsaturated/α-hetero) is 1. The van der Waals surface area contributed by atoms with Crippen LogP contribution >= 0.6 is 15.9 Å². The van der Waals surface area contributed by atoms with Crippen molar-refractivity contribution in [1.82, 2.24) is 0 Å². The Morgan fingerprint density at radius 1 is 1.16 bits per heavy atom. The summed E-state index contributed by atoms with van der Waals surface area (Å²) in [4.78, 5) is 12.0. The van der Waals surface area contributed by atoms with E-state index in [9.17, 15) is 9.18 Å². The van der Waals surface area contributed by atoms with Crippen LogP contribution in [0, 0.1) is 5.82 Å². The minimum absolute atomic E-state index is 0.0193. The Kier molecular flexibility index (Phi) is 3.11. The van der Waals surface area contributed by atoms with Crippen LogP contribution in [0.15, 0.2) is 46.9 Å². The van der Waals surface area contributed by atoms with Crippen LogP contribution in [0.4, 0.5) is 4.39 Å². The monoisotopic (exact) mass is 320 g/mol. The SMILES string of the molecule is O=C1CC(c2ccc(Br)cc2)Oc2cc(F)ccc21. The molecule has 0 aromatic heterocycles. The molecule has 0 fully saturated rings. The van der Waals surface area contributed by atoms with Gasteiger partial charge in [-0.15, -0.1) is 0 Å². The van der Waals surface area contributed by atoms with Gasteiger partial charge in [0.2, 0.25) is 0 Å². The zero-order chi connectivity index (χ0) is 13.4. The third kappa shape index (κ3) is 2.40. The molecule has 0 N–H and O–H groups in total. The number of ether oxygens (including phenoxy) is 1. The summed E-state index contributed by atoms with van der Waals surface area (Å²) in [5, 5.41) is 0. The van der Waals surface area contributed by atoms with Crippen LogP contribution in [0.25, 0.3) is 0 Å². The first-order valence-electron chi connectivity index (χ1n) is 5.88. The lowest BCUT2D eigenvalue weighted by molar-refractivity contribution is 0.0849. The number of fused-ring (bicyclic) bond motifs is 1. The molecule has 1 aliphatic heterocycles. The summed E-state index contributed by atoms with van der Waals surface area (Å²) < 4.78 is 19.9. The fourth-order valence-electron chi connectivity index (χ4n) is 2.16. The van der Waals surface area contributed by atoms with E-state index in [1.807, 2.05) is 24.3 Å². The summed E-state index contributed by atoms with van der Waals surface area (Å²) in [6, 6.07) is 11.6. The minimum Gasteiger partial charge on any atom is -0.484 e. The van der Waals surface area contributed by atoms with Crippen molar-refractivity contribution in [2.24, 2.45) is 0 Å². The number of benzene rings is 2. The quantitative estimate of drug-likeness (QED) is 0.783. The van der Waals surface area contributed by atoms with Gasteiger partial charge in [0.05, 0.1) is 12.0 Å². The second-order valence-corrected chi connectivity index (χ2v) is 5.34. The number of halogens is 2. The molecule has 2 nitrogen and oxygen atoms in total. The van der Waals surface area contributed by atoms with Crippen LogP contribution in [-0.2, 0) is 0 Å². The summed E-state index contributed by atoms with van der Waals surface area (Å²) in [7, 11) is 0. The lowest BCUT2D eigenvalue weighted by atomic mass is 9.96. The van der Waals surface area contributed by atoms with Crippen LogP contribution in [0.5, 0.6) is 5.75 Å². The van der Waals surface area contributed by atoms with E-state index in [1.54, 1.807) is 0 Å². The van der Waals surface area contributed by atoms with E-state index < -0.39 is 5.82 Å². The summed E-state index contributed by atoms with van der Waals surface area (Å²) in [5.41, 5.74) is 1.36. The van der Waals surface area contributed by atoms with E-state index in [1.165, 1.54) is 18.2 Å².